The molecule has 21 heavy (non-hydrogen) atoms. The SMILES string of the molecule is COc1nc2ccccc2cc1/C=[N+](\[O-])c1ccccc1. The minimum absolute atomic E-state index is 0.436. The molecule has 3 aromatic rings. The van der Waals surface area contributed by atoms with E-state index in [0.717, 1.165) is 15.6 Å². The fraction of sp³-hybridized carbons (Fsp3) is 0.0588. The van der Waals surface area contributed by atoms with Crippen LogP contribution in [0, 0.1) is 5.21 Å². The molecule has 0 fully saturated rings. The van der Waals surface area contributed by atoms with Gasteiger partial charge in [-0.05, 0) is 12.1 Å². The second-order valence-electron chi connectivity index (χ2n) is 4.57. The third kappa shape index (κ3) is 2.69. The number of nitrogens with zero attached hydrogens (tertiary/aromatic N) is 2. The van der Waals surface area contributed by atoms with Crippen molar-refractivity contribution in [1.29, 1.82) is 0 Å². The van der Waals surface area contributed by atoms with Crippen molar-refractivity contribution in [3.8, 4) is 5.88 Å². The van der Waals surface area contributed by atoms with Crippen LogP contribution in [0.1, 0.15) is 5.56 Å². The summed E-state index contributed by atoms with van der Waals surface area (Å²) in [5, 5.41) is 13.2. The molecule has 0 unspecified atom stereocenters. The lowest BCUT2D eigenvalue weighted by molar-refractivity contribution is -0.354. The summed E-state index contributed by atoms with van der Waals surface area (Å²) in [4.78, 5) is 4.42. The van der Waals surface area contributed by atoms with Crippen molar-refractivity contribution in [1.82, 2.24) is 4.98 Å². The van der Waals surface area contributed by atoms with E-state index in [0.29, 0.717) is 17.1 Å². The number of aromatic nitrogens is 1. The number of fused-ring (bicyclic) bond motifs is 1. The molecule has 0 radical (unpaired) electrons. The summed E-state index contributed by atoms with van der Waals surface area (Å²) in [6, 6.07) is 18.6. The van der Waals surface area contributed by atoms with Crippen LogP contribution in [-0.2, 0) is 0 Å². The zero-order chi connectivity index (χ0) is 14.7. The molecular formula is C17H14N2O2. The number of para-hydroxylation sites is 2. The Balaban J connectivity index is 2.11. The van der Waals surface area contributed by atoms with E-state index in [-0.39, 0.29) is 0 Å². The van der Waals surface area contributed by atoms with Crippen molar-refractivity contribution < 1.29 is 9.48 Å². The largest absolute Gasteiger partial charge is 0.618 e. The van der Waals surface area contributed by atoms with Gasteiger partial charge in [0, 0.05) is 17.5 Å². The highest BCUT2D eigenvalue weighted by atomic mass is 16.5. The molecule has 0 spiro atoms. The molecule has 0 aliphatic rings. The fourth-order valence-corrected chi connectivity index (χ4v) is 2.15. The number of pyridine rings is 1. The van der Waals surface area contributed by atoms with Gasteiger partial charge in [0.25, 0.3) is 0 Å². The summed E-state index contributed by atoms with van der Waals surface area (Å²) in [6.07, 6.45) is 1.48. The third-order valence-electron chi connectivity index (χ3n) is 3.18. The maximum absolute atomic E-state index is 12.2. The molecule has 1 heterocycles. The summed E-state index contributed by atoms with van der Waals surface area (Å²) in [7, 11) is 1.55. The number of ether oxygens (including phenoxy) is 1. The van der Waals surface area contributed by atoms with Crippen molar-refractivity contribution in [3.63, 3.8) is 0 Å². The molecule has 0 aliphatic heterocycles. The zero-order valence-electron chi connectivity index (χ0n) is 11.6. The van der Waals surface area contributed by atoms with E-state index in [1.165, 1.54) is 6.21 Å². The summed E-state index contributed by atoms with van der Waals surface area (Å²) in [5.74, 6) is 0.436. The first kappa shape index (κ1) is 13.1. The van der Waals surface area contributed by atoms with Crippen LogP contribution in [0.3, 0.4) is 0 Å². The Morgan fingerprint density at radius 1 is 1.05 bits per heavy atom. The molecule has 0 bridgehead atoms. The van der Waals surface area contributed by atoms with Gasteiger partial charge in [-0.15, -0.1) is 0 Å². The normalized spacial score (nSPS) is 11.6. The van der Waals surface area contributed by atoms with Crippen molar-refractivity contribution in [2.45, 2.75) is 0 Å². The quantitative estimate of drug-likeness (QED) is 0.319. The fourth-order valence-electron chi connectivity index (χ4n) is 2.15. The first-order valence-electron chi connectivity index (χ1n) is 6.58. The molecule has 1 aromatic heterocycles. The maximum Gasteiger partial charge on any atom is 0.227 e. The monoisotopic (exact) mass is 278 g/mol. The van der Waals surface area contributed by atoms with E-state index < -0.39 is 0 Å². The number of methoxy groups -OCH3 is 1. The number of hydrogen-bond donors (Lipinski definition) is 0. The Hall–Kier alpha value is -2.88. The van der Waals surface area contributed by atoms with Gasteiger partial charge in [-0.1, -0.05) is 36.4 Å². The lowest BCUT2D eigenvalue weighted by atomic mass is 10.1. The number of hydrogen-bond acceptors (Lipinski definition) is 3. The molecule has 4 heteroatoms. The Bertz CT molecular complexity index is 798. The van der Waals surface area contributed by atoms with E-state index in [2.05, 4.69) is 4.98 Å². The molecule has 0 atom stereocenters. The van der Waals surface area contributed by atoms with Gasteiger partial charge >= 0.3 is 0 Å². The van der Waals surface area contributed by atoms with E-state index >= 15 is 0 Å². The third-order valence-corrected chi connectivity index (χ3v) is 3.18. The Morgan fingerprint density at radius 3 is 2.52 bits per heavy atom. The van der Waals surface area contributed by atoms with Crippen LogP contribution in [-0.4, -0.2) is 23.0 Å². The van der Waals surface area contributed by atoms with Gasteiger partial charge in [0.15, 0.2) is 6.21 Å². The Morgan fingerprint density at radius 2 is 1.76 bits per heavy atom. The summed E-state index contributed by atoms with van der Waals surface area (Å²) >= 11 is 0. The van der Waals surface area contributed by atoms with Gasteiger partial charge in [0.05, 0.1) is 12.6 Å². The molecule has 0 saturated heterocycles. The second kappa shape index (κ2) is 5.63. The first-order chi connectivity index (χ1) is 10.3. The van der Waals surface area contributed by atoms with E-state index in [4.69, 9.17) is 4.74 Å². The van der Waals surface area contributed by atoms with Gasteiger partial charge < -0.3 is 9.94 Å². The standard InChI is InChI=1S/C17H14N2O2/c1-21-17-14(11-13-7-5-6-10-16(13)18-17)12-19(20)15-8-3-2-4-9-15/h2-12H,1H3/b19-12-. The molecule has 2 aromatic carbocycles. The van der Waals surface area contributed by atoms with Gasteiger partial charge in [-0.25, -0.2) is 4.98 Å². The van der Waals surface area contributed by atoms with Gasteiger partial charge in [0.2, 0.25) is 11.6 Å². The van der Waals surface area contributed by atoms with Crippen LogP contribution in [0.15, 0.2) is 60.7 Å². The highest BCUT2D eigenvalue weighted by Gasteiger charge is 2.09. The average Bonchev–Trinajstić information content (AvgIpc) is 2.55. The van der Waals surface area contributed by atoms with Gasteiger partial charge in [0.1, 0.15) is 5.56 Å². The number of rotatable bonds is 3. The lowest BCUT2D eigenvalue weighted by Crippen LogP contribution is -2.02. The summed E-state index contributed by atoms with van der Waals surface area (Å²) < 4.78 is 6.10. The molecule has 4 nitrogen and oxygen atoms in total. The molecule has 0 saturated carbocycles. The van der Waals surface area contributed by atoms with Gasteiger partial charge in [-0.3, -0.25) is 0 Å². The molecule has 0 aliphatic carbocycles. The van der Waals surface area contributed by atoms with Crippen LogP contribution in [0.5, 0.6) is 5.88 Å². The molecule has 0 N–H and O–H groups in total. The summed E-state index contributed by atoms with van der Waals surface area (Å²) in [5.41, 5.74) is 2.05. The van der Waals surface area contributed by atoms with Crippen molar-refractivity contribution in [2.75, 3.05) is 7.11 Å². The van der Waals surface area contributed by atoms with Gasteiger partial charge in [-0.2, -0.15) is 4.74 Å². The van der Waals surface area contributed by atoms with Crippen LogP contribution in [0.4, 0.5) is 5.69 Å². The van der Waals surface area contributed by atoms with Crippen LogP contribution in [0.25, 0.3) is 10.9 Å². The zero-order valence-corrected chi connectivity index (χ0v) is 11.6. The predicted molar refractivity (Wildman–Crippen MR) is 83.2 cm³/mol. The predicted octanol–water partition coefficient (Wildman–Crippen LogP) is 3.50. The molecular weight excluding hydrogens is 264 g/mol. The Labute approximate surface area is 122 Å². The topological polar surface area (TPSA) is 48.2 Å². The first-order valence-corrected chi connectivity index (χ1v) is 6.58. The van der Waals surface area contributed by atoms with Crippen LogP contribution >= 0.6 is 0 Å². The second-order valence-corrected chi connectivity index (χ2v) is 4.57. The molecule has 0 amide bonds. The Kier molecular flexibility index (Phi) is 3.51. The van der Waals surface area contributed by atoms with Crippen molar-refractivity contribution in [3.05, 3.63) is 71.4 Å². The average molecular weight is 278 g/mol. The summed E-state index contributed by atoms with van der Waals surface area (Å²) in [6.45, 7) is 0. The molecule has 104 valence electrons. The van der Waals surface area contributed by atoms with E-state index in [9.17, 15) is 5.21 Å². The van der Waals surface area contributed by atoms with Crippen LogP contribution in [0.2, 0.25) is 0 Å². The van der Waals surface area contributed by atoms with E-state index in [1.807, 2.05) is 48.5 Å². The van der Waals surface area contributed by atoms with E-state index in [1.54, 1.807) is 19.2 Å². The molecule has 3 rings (SSSR count). The highest BCUT2D eigenvalue weighted by Crippen LogP contribution is 2.21. The maximum atomic E-state index is 12.2. The minimum atomic E-state index is 0.436. The lowest BCUT2D eigenvalue weighted by Gasteiger charge is -2.07. The van der Waals surface area contributed by atoms with Crippen molar-refractivity contribution in [2.24, 2.45) is 0 Å². The minimum Gasteiger partial charge on any atom is -0.618 e. The highest BCUT2D eigenvalue weighted by molar-refractivity contribution is 5.89. The smallest absolute Gasteiger partial charge is 0.227 e. The number of benzene rings is 2. The van der Waals surface area contributed by atoms with Crippen molar-refractivity contribution >= 4 is 22.8 Å². The van der Waals surface area contributed by atoms with Crippen LogP contribution < -0.4 is 4.74 Å².